The van der Waals surface area contributed by atoms with E-state index in [1.165, 1.54) is 11.1 Å². The summed E-state index contributed by atoms with van der Waals surface area (Å²) in [6.45, 7) is 1.91. The second kappa shape index (κ2) is 7.35. The average molecular weight is 398 g/mol. The predicted octanol–water partition coefficient (Wildman–Crippen LogP) is 3.27. The molecule has 5 rings (SSSR count). The van der Waals surface area contributed by atoms with E-state index in [0.29, 0.717) is 11.5 Å². The Hall–Kier alpha value is -3.58. The number of fused-ring (bicyclic) bond motifs is 2. The molecule has 4 aromatic rings. The molecule has 7 nitrogen and oxygen atoms in total. The summed E-state index contributed by atoms with van der Waals surface area (Å²) in [6.07, 6.45) is 6.52. The maximum Gasteiger partial charge on any atom is 0.258 e. The number of anilines is 1. The minimum absolute atomic E-state index is 0.200. The van der Waals surface area contributed by atoms with Crippen LogP contribution < -0.4 is 5.32 Å². The Balaban J connectivity index is 1.41. The number of benzene rings is 2. The van der Waals surface area contributed by atoms with Crippen LogP contribution in [-0.2, 0) is 20.0 Å². The van der Waals surface area contributed by atoms with Gasteiger partial charge in [-0.25, -0.2) is 9.97 Å². The summed E-state index contributed by atoms with van der Waals surface area (Å²) in [4.78, 5) is 23.9. The number of amides is 1. The highest BCUT2D eigenvalue weighted by Gasteiger charge is 2.16. The summed E-state index contributed by atoms with van der Waals surface area (Å²) in [7, 11) is 3.98. The monoisotopic (exact) mass is 398 g/mol. The topological polar surface area (TPSA) is 75.9 Å². The predicted molar refractivity (Wildman–Crippen MR) is 116 cm³/mol. The molecule has 7 heteroatoms. The molecule has 2 aromatic heterocycles. The van der Waals surface area contributed by atoms with Crippen molar-refractivity contribution in [3.05, 3.63) is 71.7 Å². The Morgan fingerprint density at radius 1 is 1.03 bits per heavy atom. The number of likely N-dealkylation sites (N-methyl/N-ethyl adjacent to an activating group) is 1. The molecule has 1 N–H and O–H groups in total. The molecule has 0 saturated heterocycles. The molecule has 0 unspecified atom stereocenters. The highest BCUT2D eigenvalue weighted by atomic mass is 16.1. The zero-order chi connectivity index (χ0) is 20.7. The molecule has 0 aliphatic carbocycles. The van der Waals surface area contributed by atoms with Crippen LogP contribution in [0, 0.1) is 0 Å². The largest absolute Gasteiger partial charge is 0.302 e. The molecule has 1 aliphatic heterocycles. The molecule has 0 spiro atoms. The maximum absolute atomic E-state index is 12.8. The normalized spacial score (nSPS) is 13.9. The lowest BCUT2D eigenvalue weighted by Gasteiger charge is -2.25. The summed E-state index contributed by atoms with van der Waals surface area (Å²) >= 11 is 0. The first-order valence-corrected chi connectivity index (χ1v) is 9.93. The van der Waals surface area contributed by atoms with E-state index < -0.39 is 0 Å². The van der Waals surface area contributed by atoms with Crippen LogP contribution in [0.25, 0.3) is 22.0 Å². The van der Waals surface area contributed by atoms with Crippen LogP contribution in [0.1, 0.15) is 21.5 Å². The summed E-state index contributed by atoms with van der Waals surface area (Å²) in [5.41, 5.74) is 5.95. The second-order valence-corrected chi connectivity index (χ2v) is 7.80. The number of hydrogen-bond donors (Lipinski definition) is 1. The van der Waals surface area contributed by atoms with Gasteiger partial charge < -0.3 is 4.90 Å². The number of carbonyl (C=O) groups is 1. The number of nitrogens with zero attached hydrogens (tertiary/aromatic N) is 5. The van der Waals surface area contributed by atoms with Gasteiger partial charge in [-0.3, -0.25) is 14.8 Å². The molecular weight excluding hydrogens is 376 g/mol. The SMILES string of the molecule is CN1CCc2ccc(C(=O)Nc3ncc4ccc(-c5cnn(C)c5)cc4n3)cc2C1. The molecule has 150 valence electrons. The molecule has 2 aromatic carbocycles. The van der Waals surface area contributed by atoms with Gasteiger partial charge in [0.05, 0.1) is 11.7 Å². The van der Waals surface area contributed by atoms with Crippen LogP contribution in [0.5, 0.6) is 0 Å². The van der Waals surface area contributed by atoms with E-state index in [0.717, 1.165) is 41.5 Å². The van der Waals surface area contributed by atoms with Gasteiger partial charge in [-0.05, 0) is 48.4 Å². The van der Waals surface area contributed by atoms with E-state index in [1.807, 2.05) is 49.8 Å². The minimum atomic E-state index is -0.200. The van der Waals surface area contributed by atoms with Gasteiger partial charge in [0.2, 0.25) is 5.95 Å². The third-order valence-corrected chi connectivity index (χ3v) is 5.52. The van der Waals surface area contributed by atoms with Crippen LogP contribution >= 0.6 is 0 Å². The molecule has 3 heterocycles. The molecule has 0 saturated carbocycles. The van der Waals surface area contributed by atoms with Gasteiger partial charge in [-0.2, -0.15) is 5.10 Å². The van der Waals surface area contributed by atoms with Crippen LogP contribution in [0.4, 0.5) is 5.95 Å². The smallest absolute Gasteiger partial charge is 0.258 e. The first kappa shape index (κ1) is 18.4. The van der Waals surface area contributed by atoms with Gasteiger partial charge in [0.1, 0.15) is 0 Å². The summed E-state index contributed by atoms with van der Waals surface area (Å²) in [5.74, 6) is 0.0967. The molecule has 0 fully saturated rings. The van der Waals surface area contributed by atoms with Crippen LogP contribution in [-0.4, -0.2) is 44.1 Å². The Bertz CT molecular complexity index is 1260. The quantitative estimate of drug-likeness (QED) is 0.573. The number of carbonyl (C=O) groups excluding carboxylic acids is 1. The summed E-state index contributed by atoms with van der Waals surface area (Å²) < 4.78 is 1.77. The number of rotatable bonds is 3. The lowest BCUT2D eigenvalue weighted by molar-refractivity contribution is 0.102. The second-order valence-electron chi connectivity index (χ2n) is 7.80. The van der Waals surface area contributed by atoms with E-state index in [9.17, 15) is 4.79 Å². The van der Waals surface area contributed by atoms with Crippen molar-refractivity contribution in [3.8, 4) is 11.1 Å². The van der Waals surface area contributed by atoms with E-state index in [1.54, 1.807) is 10.9 Å². The van der Waals surface area contributed by atoms with Crippen molar-refractivity contribution < 1.29 is 4.79 Å². The van der Waals surface area contributed by atoms with E-state index in [2.05, 4.69) is 38.4 Å². The fourth-order valence-electron chi connectivity index (χ4n) is 3.85. The highest BCUT2D eigenvalue weighted by molar-refractivity contribution is 6.03. The van der Waals surface area contributed by atoms with E-state index in [4.69, 9.17) is 0 Å². The molecular formula is C23H22N6O. The average Bonchev–Trinajstić information content (AvgIpc) is 3.19. The van der Waals surface area contributed by atoms with E-state index in [-0.39, 0.29) is 5.91 Å². The lowest BCUT2D eigenvalue weighted by atomic mass is 9.97. The molecule has 1 amide bonds. The first-order chi connectivity index (χ1) is 14.5. The summed E-state index contributed by atoms with van der Waals surface area (Å²) in [6, 6.07) is 11.9. The van der Waals surface area contributed by atoms with Crippen LogP contribution in [0.15, 0.2) is 55.0 Å². The third kappa shape index (κ3) is 3.55. The van der Waals surface area contributed by atoms with Gasteiger partial charge in [-0.15, -0.1) is 0 Å². The zero-order valence-corrected chi connectivity index (χ0v) is 17.0. The minimum Gasteiger partial charge on any atom is -0.302 e. The maximum atomic E-state index is 12.8. The van der Waals surface area contributed by atoms with E-state index >= 15 is 0 Å². The van der Waals surface area contributed by atoms with Crippen molar-refractivity contribution in [2.45, 2.75) is 13.0 Å². The fraction of sp³-hybridized carbons (Fsp3) is 0.217. The molecule has 1 aliphatic rings. The number of hydrogen-bond acceptors (Lipinski definition) is 5. The van der Waals surface area contributed by atoms with Gasteiger partial charge in [0.25, 0.3) is 5.91 Å². The molecule has 0 atom stereocenters. The van der Waals surface area contributed by atoms with Gasteiger partial charge in [-0.1, -0.05) is 18.2 Å². The number of aromatic nitrogens is 4. The molecule has 30 heavy (non-hydrogen) atoms. The van der Waals surface area contributed by atoms with Crippen molar-refractivity contribution in [1.29, 1.82) is 0 Å². The van der Waals surface area contributed by atoms with Crippen molar-refractivity contribution in [2.24, 2.45) is 7.05 Å². The molecule has 0 bridgehead atoms. The Morgan fingerprint density at radius 2 is 1.93 bits per heavy atom. The Labute approximate surface area is 174 Å². The van der Waals surface area contributed by atoms with Gasteiger partial charge in [0, 0.05) is 49.0 Å². The molecule has 0 radical (unpaired) electrons. The van der Waals surface area contributed by atoms with Gasteiger partial charge in [0.15, 0.2) is 0 Å². The Morgan fingerprint density at radius 3 is 2.77 bits per heavy atom. The zero-order valence-electron chi connectivity index (χ0n) is 17.0. The van der Waals surface area contributed by atoms with Crippen molar-refractivity contribution in [1.82, 2.24) is 24.6 Å². The van der Waals surface area contributed by atoms with Crippen molar-refractivity contribution in [2.75, 3.05) is 18.9 Å². The fourth-order valence-corrected chi connectivity index (χ4v) is 3.85. The number of aryl methyl sites for hydroxylation is 1. The van der Waals surface area contributed by atoms with Crippen molar-refractivity contribution >= 4 is 22.8 Å². The van der Waals surface area contributed by atoms with Crippen LogP contribution in [0.2, 0.25) is 0 Å². The highest BCUT2D eigenvalue weighted by Crippen LogP contribution is 2.24. The third-order valence-electron chi connectivity index (χ3n) is 5.52. The Kier molecular flexibility index (Phi) is 4.52. The van der Waals surface area contributed by atoms with Crippen molar-refractivity contribution in [3.63, 3.8) is 0 Å². The first-order valence-electron chi connectivity index (χ1n) is 9.93. The standard InChI is InChI=1S/C23H22N6O/c1-28-8-7-15-3-5-17(9-19(15)13-28)22(30)27-23-24-11-18-6-4-16(10-21(18)26-23)20-12-25-29(2)14-20/h3-6,9-12,14H,7-8,13H2,1-2H3,(H,24,26,27,30). The summed E-state index contributed by atoms with van der Waals surface area (Å²) in [5, 5.41) is 7.98. The van der Waals surface area contributed by atoms with Gasteiger partial charge >= 0.3 is 0 Å². The number of nitrogens with one attached hydrogen (secondary N) is 1. The lowest BCUT2D eigenvalue weighted by Crippen LogP contribution is -2.27. The van der Waals surface area contributed by atoms with Crippen LogP contribution in [0.3, 0.4) is 0 Å².